The summed E-state index contributed by atoms with van der Waals surface area (Å²) in [5, 5.41) is 39.3. The summed E-state index contributed by atoms with van der Waals surface area (Å²) in [6.45, 7) is -1.02. The fourth-order valence-electron chi connectivity index (χ4n) is 1.97. The second-order valence-corrected chi connectivity index (χ2v) is 4.17. The zero-order valence-corrected chi connectivity index (χ0v) is 8.69. The van der Waals surface area contributed by atoms with E-state index in [1.54, 1.807) is 0 Å². The first-order chi connectivity index (χ1) is 7.21. The molecule has 5 nitrogen and oxygen atoms in total. The predicted molar refractivity (Wildman–Crippen MR) is 53.9 cm³/mol. The molecule has 1 aliphatic rings. The normalized spacial score (nSPS) is 26.5. The maximum absolute atomic E-state index is 9.13. The third-order valence-electron chi connectivity index (χ3n) is 3.08. The lowest BCUT2D eigenvalue weighted by Gasteiger charge is -2.33. The van der Waals surface area contributed by atoms with Crippen LogP contribution in [0, 0.1) is 17.2 Å². The zero-order chi connectivity index (χ0) is 11.3. The SMILES string of the molecule is N#CC1CCCC1NC(CO)(CO)CO. The summed E-state index contributed by atoms with van der Waals surface area (Å²) in [4.78, 5) is 0. The molecule has 15 heavy (non-hydrogen) atoms. The van der Waals surface area contributed by atoms with Crippen LogP contribution in [0.15, 0.2) is 0 Å². The van der Waals surface area contributed by atoms with Crippen LogP contribution < -0.4 is 5.32 Å². The van der Waals surface area contributed by atoms with Gasteiger partial charge in [-0.3, -0.25) is 0 Å². The van der Waals surface area contributed by atoms with Gasteiger partial charge in [0.2, 0.25) is 0 Å². The van der Waals surface area contributed by atoms with E-state index in [-0.39, 0.29) is 31.8 Å². The van der Waals surface area contributed by atoms with Crippen molar-refractivity contribution < 1.29 is 15.3 Å². The molecule has 1 aliphatic carbocycles. The van der Waals surface area contributed by atoms with Crippen LogP contribution in [-0.2, 0) is 0 Å². The summed E-state index contributed by atoms with van der Waals surface area (Å²) in [6, 6.07) is 2.16. The van der Waals surface area contributed by atoms with E-state index in [0.29, 0.717) is 0 Å². The Bertz CT molecular complexity index is 227. The first-order valence-electron chi connectivity index (χ1n) is 5.21. The third kappa shape index (κ3) is 2.67. The van der Waals surface area contributed by atoms with Crippen LogP contribution in [0.2, 0.25) is 0 Å². The zero-order valence-electron chi connectivity index (χ0n) is 8.69. The molecule has 1 rings (SSSR count). The van der Waals surface area contributed by atoms with Gasteiger partial charge in [-0.05, 0) is 12.8 Å². The van der Waals surface area contributed by atoms with Crippen LogP contribution in [0.3, 0.4) is 0 Å². The minimum Gasteiger partial charge on any atom is -0.394 e. The van der Waals surface area contributed by atoms with Crippen LogP contribution in [0.25, 0.3) is 0 Å². The van der Waals surface area contributed by atoms with Crippen molar-refractivity contribution in [1.29, 1.82) is 5.26 Å². The molecule has 4 N–H and O–H groups in total. The van der Waals surface area contributed by atoms with Gasteiger partial charge in [0.15, 0.2) is 0 Å². The number of nitriles is 1. The highest BCUT2D eigenvalue weighted by Crippen LogP contribution is 2.26. The van der Waals surface area contributed by atoms with Crippen LogP contribution in [0.1, 0.15) is 19.3 Å². The van der Waals surface area contributed by atoms with Crippen molar-refractivity contribution in [2.24, 2.45) is 5.92 Å². The van der Waals surface area contributed by atoms with E-state index in [4.69, 9.17) is 20.6 Å². The molecule has 0 bridgehead atoms. The third-order valence-corrected chi connectivity index (χ3v) is 3.08. The summed E-state index contributed by atoms with van der Waals surface area (Å²) in [6.07, 6.45) is 2.65. The van der Waals surface area contributed by atoms with Gasteiger partial charge in [0.1, 0.15) is 0 Å². The van der Waals surface area contributed by atoms with E-state index in [9.17, 15) is 0 Å². The van der Waals surface area contributed by atoms with Crippen molar-refractivity contribution in [1.82, 2.24) is 5.32 Å². The van der Waals surface area contributed by atoms with Gasteiger partial charge in [-0.2, -0.15) is 5.26 Å². The molecular weight excluding hydrogens is 196 g/mol. The Labute approximate surface area is 89.3 Å². The highest BCUT2D eigenvalue weighted by molar-refractivity contribution is 5.01. The average Bonchev–Trinajstić information content (AvgIpc) is 2.73. The molecule has 2 atom stereocenters. The molecule has 0 amide bonds. The number of hydrogen-bond acceptors (Lipinski definition) is 5. The minimum absolute atomic E-state index is 0.0403. The van der Waals surface area contributed by atoms with Gasteiger partial charge in [0.25, 0.3) is 0 Å². The van der Waals surface area contributed by atoms with Gasteiger partial charge in [-0.25, -0.2) is 0 Å². The summed E-state index contributed by atoms with van der Waals surface area (Å²) in [7, 11) is 0. The molecule has 1 fully saturated rings. The Hall–Kier alpha value is -0.670. The first-order valence-corrected chi connectivity index (χ1v) is 5.21. The van der Waals surface area contributed by atoms with Gasteiger partial charge >= 0.3 is 0 Å². The molecule has 1 saturated carbocycles. The number of nitrogens with zero attached hydrogens (tertiary/aromatic N) is 1. The van der Waals surface area contributed by atoms with E-state index in [1.165, 1.54) is 0 Å². The molecule has 0 aromatic heterocycles. The lowest BCUT2D eigenvalue weighted by Crippen LogP contribution is -2.59. The number of nitrogens with one attached hydrogen (secondary N) is 1. The summed E-state index contributed by atoms with van der Waals surface area (Å²) < 4.78 is 0. The Morgan fingerprint density at radius 3 is 2.27 bits per heavy atom. The van der Waals surface area contributed by atoms with Crippen LogP contribution in [-0.4, -0.2) is 46.7 Å². The standard InChI is InChI=1S/C10H18N2O3/c11-4-8-2-1-3-9(8)12-10(5-13,6-14)7-15/h8-9,12-15H,1-3,5-7H2. The fraction of sp³-hybridized carbons (Fsp3) is 0.900. The molecule has 0 spiro atoms. The van der Waals surface area contributed by atoms with Gasteiger partial charge in [-0.15, -0.1) is 0 Å². The highest BCUT2D eigenvalue weighted by atomic mass is 16.3. The number of aliphatic hydroxyl groups is 3. The van der Waals surface area contributed by atoms with E-state index in [1.807, 2.05) is 0 Å². The van der Waals surface area contributed by atoms with Crippen LogP contribution in [0.5, 0.6) is 0 Å². The molecule has 5 heteroatoms. The van der Waals surface area contributed by atoms with Gasteiger partial charge < -0.3 is 20.6 Å². The summed E-state index contributed by atoms with van der Waals surface area (Å²) >= 11 is 0. The number of hydrogen-bond donors (Lipinski definition) is 4. The Kier molecular flexibility index (Phi) is 4.48. The van der Waals surface area contributed by atoms with E-state index < -0.39 is 5.54 Å². The molecule has 0 aromatic rings. The average molecular weight is 214 g/mol. The predicted octanol–water partition coefficient (Wildman–Crippen LogP) is -1.02. The molecular formula is C10H18N2O3. The minimum atomic E-state index is -1.07. The summed E-state index contributed by atoms with van der Waals surface area (Å²) in [5.74, 6) is -0.0889. The molecule has 0 radical (unpaired) electrons. The molecule has 0 aromatic carbocycles. The van der Waals surface area contributed by atoms with E-state index in [0.717, 1.165) is 19.3 Å². The van der Waals surface area contributed by atoms with Crippen LogP contribution >= 0.6 is 0 Å². The van der Waals surface area contributed by atoms with Crippen LogP contribution in [0.4, 0.5) is 0 Å². The first kappa shape index (κ1) is 12.4. The number of aliphatic hydroxyl groups excluding tert-OH is 3. The van der Waals surface area contributed by atoms with Gasteiger partial charge in [-0.1, -0.05) is 6.42 Å². The van der Waals surface area contributed by atoms with Gasteiger partial charge in [0, 0.05) is 6.04 Å². The monoisotopic (exact) mass is 214 g/mol. The molecule has 0 heterocycles. The van der Waals surface area contributed by atoms with E-state index in [2.05, 4.69) is 11.4 Å². The van der Waals surface area contributed by atoms with Crippen molar-refractivity contribution in [2.45, 2.75) is 30.8 Å². The van der Waals surface area contributed by atoms with Crippen molar-refractivity contribution in [3.8, 4) is 6.07 Å². The smallest absolute Gasteiger partial charge is 0.0884 e. The van der Waals surface area contributed by atoms with Gasteiger partial charge in [0.05, 0.1) is 37.3 Å². The topological polar surface area (TPSA) is 96.5 Å². The largest absolute Gasteiger partial charge is 0.394 e. The molecule has 0 aliphatic heterocycles. The second kappa shape index (κ2) is 5.42. The van der Waals surface area contributed by atoms with E-state index >= 15 is 0 Å². The Morgan fingerprint density at radius 2 is 1.80 bits per heavy atom. The maximum Gasteiger partial charge on any atom is 0.0884 e. The van der Waals surface area contributed by atoms with Crippen molar-refractivity contribution in [3.05, 3.63) is 0 Å². The molecule has 2 unspecified atom stereocenters. The highest BCUT2D eigenvalue weighted by Gasteiger charge is 2.36. The molecule has 0 saturated heterocycles. The maximum atomic E-state index is 9.13. The fourth-order valence-corrected chi connectivity index (χ4v) is 1.97. The lowest BCUT2D eigenvalue weighted by atomic mass is 9.98. The Morgan fingerprint density at radius 1 is 1.20 bits per heavy atom. The van der Waals surface area contributed by atoms with Crippen molar-refractivity contribution >= 4 is 0 Å². The molecule has 86 valence electrons. The second-order valence-electron chi connectivity index (χ2n) is 4.17. The van der Waals surface area contributed by atoms with Crippen molar-refractivity contribution in [2.75, 3.05) is 19.8 Å². The Balaban J connectivity index is 2.62. The lowest BCUT2D eigenvalue weighted by molar-refractivity contribution is 0.0325. The summed E-state index contributed by atoms with van der Waals surface area (Å²) in [5.41, 5.74) is -1.07. The number of rotatable bonds is 5. The quantitative estimate of drug-likeness (QED) is 0.470. The van der Waals surface area contributed by atoms with Crippen molar-refractivity contribution in [3.63, 3.8) is 0 Å².